The first-order valence-electron chi connectivity index (χ1n) is 4.25. The molecule has 0 fully saturated rings. The van der Waals surface area contributed by atoms with E-state index in [9.17, 15) is 14.9 Å². The predicted octanol–water partition coefficient (Wildman–Crippen LogP) is 0.786. The van der Waals surface area contributed by atoms with E-state index in [1.807, 2.05) is 0 Å². The number of hydrogen-bond donors (Lipinski definition) is 2. The van der Waals surface area contributed by atoms with Gasteiger partial charge in [0.2, 0.25) is 6.54 Å². The molecule has 0 spiro atoms. The van der Waals surface area contributed by atoms with Crippen molar-refractivity contribution in [2.24, 2.45) is 0 Å². The zero-order valence-electron chi connectivity index (χ0n) is 7.84. The van der Waals surface area contributed by atoms with Crippen LogP contribution in [0.1, 0.15) is 15.9 Å². The third-order valence-electron chi connectivity index (χ3n) is 1.99. The minimum absolute atomic E-state index is 0.0177. The summed E-state index contributed by atoms with van der Waals surface area (Å²) in [6, 6.07) is 4.48. The molecule has 15 heavy (non-hydrogen) atoms. The number of carboxylic acids is 1. The van der Waals surface area contributed by atoms with E-state index in [-0.39, 0.29) is 24.2 Å². The minimum Gasteiger partial charge on any atom is -0.478 e. The highest BCUT2D eigenvalue weighted by molar-refractivity contribution is 5.94. The van der Waals surface area contributed by atoms with Gasteiger partial charge in [-0.05, 0) is 11.6 Å². The van der Waals surface area contributed by atoms with E-state index in [1.165, 1.54) is 12.1 Å². The molecule has 1 aromatic carbocycles. The molecule has 0 amide bonds. The van der Waals surface area contributed by atoms with E-state index in [2.05, 4.69) is 0 Å². The van der Waals surface area contributed by atoms with Gasteiger partial charge in [-0.2, -0.15) is 0 Å². The lowest BCUT2D eigenvalue weighted by Gasteiger charge is -2.05. The number of rotatable bonds is 4. The molecule has 0 saturated heterocycles. The predicted molar refractivity (Wildman–Crippen MR) is 53.4 cm³/mol. The summed E-state index contributed by atoms with van der Waals surface area (Å²) >= 11 is 0. The number of hydrogen-bond acceptors (Lipinski definition) is 4. The average Bonchev–Trinajstić information content (AvgIpc) is 2.15. The van der Waals surface area contributed by atoms with Crippen LogP contribution in [0, 0.1) is 10.1 Å². The lowest BCUT2D eigenvalue weighted by atomic mass is 10.1. The average molecular weight is 210 g/mol. The fourth-order valence-electron chi connectivity index (χ4n) is 1.23. The third kappa shape index (κ3) is 2.67. The van der Waals surface area contributed by atoms with Gasteiger partial charge in [-0.1, -0.05) is 12.1 Å². The molecule has 0 aromatic heterocycles. The molecular formula is C9H10N2O4. The topological polar surface area (TPSA) is 106 Å². The Hall–Kier alpha value is -2.11. The summed E-state index contributed by atoms with van der Waals surface area (Å²) in [5.41, 5.74) is 6.15. The number of anilines is 1. The molecule has 0 aliphatic carbocycles. The summed E-state index contributed by atoms with van der Waals surface area (Å²) in [6.45, 7) is -0.257. The Labute approximate surface area is 85.5 Å². The monoisotopic (exact) mass is 210 g/mol. The molecule has 0 aliphatic heterocycles. The molecule has 0 aliphatic rings. The second-order valence-corrected chi connectivity index (χ2v) is 2.99. The zero-order valence-corrected chi connectivity index (χ0v) is 7.84. The Morgan fingerprint density at radius 2 is 2.20 bits per heavy atom. The van der Waals surface area contributed by atoms with Crippen molar-refractivity contribution in [1.82, 2.24) is 0 Å². The van der Waals surface area contributed by atoms with Crippen LogP contribution in [0.4, 0.5) is 5.69 Å². The summed E-state index contributed by atoms with van der Waals surface area (Å²) < 4.78 is 0. The van der Waals surface area contributed by atoms with E-state index in [0.717, 1.165) is 0 Å². The first-order valence-corrected chi connectivity index (χ1v) is 4.25. The number of aromatic carboxylic acids is 1. The van der Waals surface area contributed by atoms with Crippen molar-refractivity contribution in [3.8, 4) is 0 Å². The van der Waals surface area contributed by atoms with Gasteiger partial charge >= 0.3 is 5.97 Å². The Morgan fingerprint density at radius 1 is 1.53 bits per heavy atom. The van der Waals surface area contributed by atoms with Crippen molar-refractivity contribution < 1.29 is 14.8 Å². The van der Waals surface area contributed by atoms with Crippen LogP contribution < -0.4 is 5.73 Å². The minimum atomic E-state index is -1.13. The lowest BCUT2D eigenvalue weighted by molar-refractivity contribution is -0.479. The number of carbonyl (C=O) groups is 1. The van der Waals surface area contributed by atoms with Crippen LogP contribution in [0.25, 0.3) is 0 Å². The maximum Gasteiger partial charge on any atom is 0.337 e. The Morgan fingerprint density at radius 3 is 2.73 bits per heavy atom. The second-order valence-electron chi connectivity index (χ2n) is 2.99. The standard InChI is InChI=1S/C9H10N2O4/c10-8-6(4-5-11(14)15)2-1-3-7(8)9(12)13/h1-3H,4-5,10H2,(H,12,13). The normalized spacial score (nSPS) is 9.87. The van der Waals surface area contributed by atoms with Crippen molar-refractivity contribution >= 4 is 11.7 Å². The van der Waals surface area contributed by atoms with Gasteiger partial charge in [-0.3, -0.25) is 10.1 Å². The molecule has 0 unspecified atom stereocenters. The smallest absolute Gasteiger partial charge is 0.337 e. The maximum absolute atomic E-state index is 10.7. The van der Waals surface area contributed by atoms with E-state index in [1.54, 1.807) is 6.07 Å². The first kappa shape index (κ1) is 11.0. The molecular weight excluding hydrogens is 200 g/mol. The molecule has 6 heteroatoms. The third-order valence-corrected chi connectivity index (χ3v) is 1.99. The summed E-state index contributed by atoms with van der Waals surface area (Å²) in [5, 5.41) is 18.9. The van der Waals surface area contributed by atoms with Crippen molar-refractivity contribution in [1.29, 1.82) is 0 Å². The number of benzene rings is 1. The highest BCUT2D eigenvalue weighted by Crippen LogP contribution is 2.17. The molecule has 0 heterocycles. The zero-order chi connectivity index (χ0) is 11.4. The van der Waals surface area contributed by atoms with Gasteiger partial charge in [0.15, 0.2) is 0 Å². The van der Waals surface area contributed by atoms with Gasteiger partial charge < -0.3 is 10.8 Å². The highest BCUT2D eigenvalue weighted by atomic mass is 16.6. The number of nitro groups is 1. The van der Waals surface area contributed by atoms with Gasteiger partial charge in [-0.15, -0.1) is 0 Å². The quantitative estimate of drug-likeness (QED) is 0.434. The van der Waals surface area contributed by atoms with Crippen molar-refractivity contribution in [3.63, 3.8) is 0 Å². The molecule has 6 nitrogen and oxygen atoms in total. The van der Waals surface area contributed by atoms with E-state index >= 15 is 0 Å². The van der Waals surface area contributed by atoms with Crippen LogP contribution in [0.3, 0.4) is 0 Å². The Kier molecular flexibility index (Phi) is 3.22. The summed E-state index contributed by atoms with van der Waals surface area (Å²) in [5.74, 6) is -1.13. The number of carboxylic acid groups (broad SMARTS) is 1. The van der Waals surface area contributed by atoms with Gasteiger partial charge in [0.25, 0.3) is 0 Å². The van der Waals surface area contributed by atoms with Crippen LogP contribution in [0.2, 0.25) is 0 Å². The Balaban J connectivity index is 2.94. The van der Waals surface area contributed by atoms with Crippen molar-refractivity contribution in [2.75, 3.05) is 12.3 Å². The van der Waals surface area contributed by atoms with Crippen LogP contribution in [-0.2, 0) is 6.42 Å². The Bertz CT molecular complexity index is 403. The molecule has 1 aromatic rings. The maximum atomic E-state index is 10.7. The van der Waals surface area contributed by atoms with Gasteiger partial charge in [0.1, 0.15) is 0 Å². The largest absolute Gasteiger partial charge is 0.478 e. The molecule has 80 valence electrons. The second kappa shape index (κ2) is 4.41. The molecule has 0 saturated carbocycles. The lowest BCUT2D eigenvalue weighted by Crippen LogP contribution is -2.09. The van der Waals surface area contributed by atoms with Gasteiger partial charge in [0.05, 0.1) is 5.56 Å². The fourth-order valence-corrected chi connectivity index (χ4v) is 1.23. The number of nitrogens with two attached hydrogens (primary N) is 1. The summed E-state index contributed by atoms with van der Waals surface area (Å²) in [6.07, 6.45) is 0.139. The van der Waals surface area contributed by atoms with Crippen LogP contribution in [-0.4, -0.2) is 22.5 Å². The molecule has 3 N–H and O–H groups in total. The van der Waals surface area contributed by atoms with Crippen LogP contribution in [0.5, 0.6) is 0 Å². The van der Waals surface area contributed by atoms with E-state index in [4.69, 9.17) is 10.8 Å². The first-order chi connectivity index (χ1) is 7.02. The van der Waals surface area contributed by atoms with Crippen molar-refractivity contribution in [2.45, 2.75) is 6.42 Å². The van der Waals surface area contributed by atoms with Gasteiger partial charge in [0, 0.05) is 17.0 Å². The van der Waals surface area contributed by atoms with Crippen LogP contribution in [0.15, 0.2) is 18.2 Å². The van der Waals surface area contributed by atoms with E-state index in [0.29, 0.717) is 5.56 Å². The number of nitrogen functional groups attached to an aromatic ring is 1. The highest BCUT2D eigenvalue weighted by Gasteiger charge is 2.11. The molecule has 0 radical (unpaired) electrons. The van der Waals surface area contributed by atoms with E-state index < -0.39 is 10.9 Å². The molecule has 0 bridgehead atoms. The number of nitrogens with zero attached hydrogens (tertiary/aromatic N) is 1. The molecule has 0 atom stereocenters. The van der Waals surface area contributed by atoms with Crippen molar-refractivity contribution in [3.05, 3.63) is 39.4 Å². The summed E-state index contributed by atoms with van der Waals surface area (Å²) in [7, 11) is 0. The fraction of sp³-hybridized carbons (Fsp3) is 0.222. The molecule has 1 rings (SSSR count). The van der Waals surface area contributed by atoms with Gasteiger partial charge in [-0.25, -0.2) is 4.79 Å². The SMILES string of the molecule is Nc1c(CC[N+](=O)[O-])cccc1C(=O)O. The van der Waals surface area contributed by atoms with Crippen LogP contribution >= 0.6 is 0 Å². The summed E-state index contributed by atoms with van der Waals surface area (Å²) in [4.78, 5) is 20.4. The number of para-hydroxylation sites is 1.